The lowest BCUT2D eigenvalue weighted by Gasteiger charge is -2.36. The van der Waals surface area contributed by atoms with Gasteiger partial charge in [0.15, 0.2) is 0 Å². The molecule has 0 saturated heterocycles. The molecule has 0 amide bonds. The van der Waals surface area contributed by atoms with Gasteiger partial charge in [0.1, 0.15) is 23.2 Å². The van der Waals surface area contributed by atoms with Crippen LogP contribution >= 0.6 is 0 Å². The van der Waals surface area contributed by atoms with E-state index in [0.717, 1.165) is 11.6 Å². The number of aromatic nitrogens is 1. The molecule has 1 saturated carbocycles. The van der Waals surface area contributed by atoms with Crippen LogP contribution in [0.2, 0.25) is 0 Å². The Kier molecular flexibility index (Phi) is 5.90. The van der Waals surface area contributed by atoms with E-state index >= 15 is 0 Å². The summed E-state index contributed by atoms with van der Waals surface area (Å²) in [6, 6.07) is 7.86. The standard InChI is InChI=1S/C24H24F3NO3/c1-12(30)16(11-29)8-21(31)14-6-15(7-14)22-19-9-18(26)10-20(27)24(19)28-23(22)13-2-4-17(25)5-3-13/h2-5,9-10,12,14-16,28-30H,6-8,11H2,1H3/t12-,14?,15?,16-/m1/s1. The molecule has 7 heteroatoms. The van der Waals surface area contributed by atoms with Gasteiger partial charge < -0.3 is 15.2 Å². The predicted octanol–water partition coefficient (Wildman–Crippen LogP) is 4.69. The average Bonchev–Trinajstić information content (AvgIpc) is 3.05. The van der Waals surface area contributed by atoms with Crippen molar-refractivity contribution in [2.75, 3.05) is 6.61 Å². The highest BCUT2D eigenvalue weighted by Crippen LogP contribution is 2.49. The van der Waals surface area contributed by atoms with Gasteiger partial charge in [0.25, 0.3) is 0 Å². The first-order valence-electron chi connectivity index (χ1n) is 10.4. The van der Waals surface area contributed by atoms with E-state index in [-0.39, 0.29) is 36.2 Å². The second-order valence-electron chi connectivity index (χ2n) is 8.45. The summed E-state index contributed by atoms with van der Waals surface area (Å²) in [5.41, 5.74) is 2.14. The van der Waals surface area contributed by atoms with Crippen molar-refractivity contribution in [3.63, 3.8) is 0 Å². The van der Waals surface area contributed by atoms with Gasteiger partial charge in [0.2, 0.25) is 0 Å². The fourth-order valence-corrected chi connectivity index (χ4v) is 4.44. The number of ketones is 1. The molecule has 0 bridgehead atoms. The zero-order chi connectivity index (χ0) is 22.3. The van der Waals surface area contributed by atoms with Gasteiger partial charge in [-0.05, 0) is 67.1 Å². The van der Waals surface area contributed by atoms with E-state index in [1.807, 2.05) is 0 Å². The van der Waals surface area contributed by atoms with Gasteiger partial charge in [-0.3, -0.25) is 4.79 Å². The molecule has 164 valence electrons. The second-order valence-corrected chi connectivity index (χ2v) is 8.45. The summed E-state index contributed by atoms with van der Waals surface area (Å²) in [7, 11) is 0. The second kappa shape index (κ2) is 8.48. The van der Waals surface area contributed by atoms with Gasteiger partial charge in [-0.1, -0.05) is 0 Å². The van der Waals surface area contributed by atoms with Crippen LogP contribution in [0.5, 0.6) is 0 Å². The van der Waals surface area contributed by atoms with Crippen LogP contribution in [-0.4, -0.2) is 33.7 Å². The number of aliphatic hydroxyl groups excluding tert-OH is 2. The molecule has 1 aliphatic rings. The Bertz CT molecular complexity index is 1100. The van der Waals surface area contributed by atoms with E-state index in [2.05, 4.69) is 4.98 Å². The normalized spacial score (nSPS) is 20.5. The summed E-state index contributed by atoms with van der Waals surface area (Å²) in [5, 5.41) is 19.5. The fourth-order valence-electron chi connectivity index (χ4n) is 4.44. The minimum atomic E-state index is -0.783. The smallest absolute Gasteiger partial charge is 0.150 e. The molecule has 31 heavy (non-hydrogen) atoms. The molecule has 1 heterocycles. The number of fused-ring (bicyclic) bond motifs is 1. The van der Waals surface area contributed by atoms with Gasteiger partial charge >= 0.3 is 0 Å². The number of aliphatic hydroxyl groups is 2. The number of H-pyrrole nitrogens is 1. The predicted molar refractivity (Wildman–Crippen MR) is 111 cm³/mol. The topological polar surface area (TPSA) is 73.3 Å². The molecule has 1 fully saturated rings. The molecule has 1 aliphatic carbocycles. The molecular weight excluding hydrogens is 407 g/mol. The Balaban J connectivity index is 1.65. The molecule has 4 rings (SSSR count). The lowest BCUT2D eigenvalue weighted by atomic mass is 9.67. The van der Waals surface area contributed by atoms with E-state index in [9.17, 15) is 28.2 Å². The summed E-state index contributed by atoms with van der Waals surface area (Å²) < 4.78 is 41.8. The van der Waals surface area contributed by atoms with Crippen LogP contribution in [0.25, 0.3) is 22.2 Å². The molecule has 0 aliphatic heterocycles. The highest BCUT2D eigenvalue weighted by Gasteiger charge is 2.39. The van der Waals surface area contributed by atoms with E-state index < -0.39 is 29.5 Å². The van der Waals surface area contributed by atoms with Crippen molar-refractivity contribution < 1.29 is 28.2 Å². The van der Waals surface area contributed by atoms with E-state index in [1.54, 1.807) is 19.1 Å². The Morgan fingerprint density at radius 2 is 1.81 bits per heavy atom. The number of hydrogen-bond acceptors (Lipinski definition) is 3. The number of carbonyl (C=O) groups is 1. The molecule has 4 nitrogen and oxygen atoms in total. The molecule has 2 atom stereocenters. The van der Waals surface area contributed by atoms with Gasteiger partial charge in [-0.15, -0.1) is 0 Å². The maximum absolute atomic E-state index is 14.4. The van der Waals surface area contributed by atoms with Crippen molar-refractivity contribution in [1.29, 1.82) is 0 Å². The third-order valence-corrected chi connectivity index (χ3v) is 6.38. The number of nitrogens with one attached hydrogen (secondary N) is 1. The van der Waals surface area contributed by atoms with E-state index in [1.165, 1.54) is 18.2 Å². The number of halogens is 3. The number of Topliss-reactive ketones (excluding diaryl/α,β-unsaturated/α-hetero) is 1. The van der Waals surface area contributed by atoms with Crippen molar-refractivity contribution in [2.24, 2.45) is 11.8 Å². The lowest BCUT2D eigenvalue weighted by molar-refractivity contribution is -0.128. The van der Waals surface area contributed by atoms with Crippen LogP contribution in [-0.2, 0) is 4.79 Å². The maximum atomic E-state index is 14.4. The van der Waals surface area contributed by atoms with Crippen LogP contribution in [0.15, 0.2) is 36.4 Å². The minimum Gasteiger partial charge on any atom is -0.396 e. The van der Waals surface area contributed by atoms with Crippen LogP contribution in [0.4, 0.5) is 13.2 Å². The molecule has 0 radical (unpaired) electrons. The highest BCUT2D eigenvalue weighted by atomic mass is 19.1. The summed E-state index contributed by atoms with van der Waals surface area (Å²) in [4.78, 5) is 15.6. The zero-order valence-electron chi connectivity index (χ0n) is 17.0. The molecule has 3 aromatic rings. The number of aromatic amines is 1. The van der Waals surface area contributed by atoms with Crippen LogP contribution < -0.4 is 0 Å². The number of benzene rings is 2. The van der Waals surface area contributed by atoms with Crippen molar-refractivity contribution in [3.8, 4) is 11.3 Å². The first kappa shape index (κ1) is 21.6. The Morgan fingerprint density at radius 1 is 1.13 bits per heavy atom. The number of carbonyl (C=O) groups excluding carboxylic acids is 1. The first-order chi connectivity index (χ1) is 14.8. The van der Waals surface area contributed by atoms with E-state index in [0.29, 0.717) is 29.5 Å². The summed E-state index contributed by atoms with van der Waals surface area (Å²) >= 11 is 0. The zero-order valence-corrected chi connectivity index (χ0v) is 17.0. The van der Waals surface area contributed by atoms with Crippen LogP contribution in [0, 0.1) is 29.3 Å². The number of rotatable bonds is 7. The molecule has 0 unspecified atom stereocenters. The molecule has 1 aromatic heterocycles. The molecular formula is C24H24F3NO3. The van der Waals surface area contributed by atoms with Gasteiger partial charge in [0, 0.05) is 36.3 Å². The highest BCUT2D eigenvalue weighted by molar-refractivity contribution is 5.92. The number of hydrogen-bond donors (Lipinski definition) is 3. The lowest BCUT2D eigenvalue weighted by Crippen LogP contribution is -2.33. The van der Waals surface area contributed by atoms with Gasteiger partial charge in [0.05, 0.1) is 17.3 Å². The van der Waals surface area contributed by atoms with Gasteiger partial charge in [-0.25, -0.2) is 13.2 Å². The van der Waals surface area contributed by atoms with Crippen LogP contribution in [0.1, 0.15) is 37.7 Å². The van der Waals surface area contributed by atoms with Crippen molar-refractivity contribution >= 4 is 16.7 Å². The summed E-state index contributed by atoms with van der Waals surface area (Å²) in [6.07, 6.45) is 0.328. The fraction of sp³-hybridized carbons (Fsp3) is 0.375. The Hall–Kier alpha value is -2.64. The minimum absolute atomic E-state index is 0.0308. The molecule has 0 spiro atoms. The maximum Gasteiger partial charge on any atom is 0.150 e. The first-order valence-corrected chi connectivity index (χ1v) is 10.4. The summed E-state index contributed by atoms with van der Waals surface area (Å²) in [6.45, 7) is 1.27. The van der Waals surface area contributed by atoms with Crippen LogP contribution in [0.3, 0.4) is 0 Å². The van der Waals surface area contributed by atoms with Gasteiger partial charge in [-0.2, -0.15) is 0 Å². The average molecular weight is 431 g/mol. The monoisotopic (exact) mass is 431 g/mol. The van der Waals surface area contributed by atoms with E-state index in [4.69, 9.17) is 0 Å². The van der Waals surface area contributed by atoms with Crippen molar-refractivity contribution in [2.45, 2.75) is 38.2 Å². The summed E-state index contributed by atoms with van der Waals surface area (Å²) in [5.74, 6) is -2.66. The van der Waals surface area contributed by atoms with Crippen molar-refractivity contribution in [3.05, 3.63) is 59.4 Å². The molecule has 2 aromatic carbocycles. The Labute approximate surface area is 177 Å². The third-order valence-electron chi connectivity index (χ3n) is 6.38. The largest absolute Gasteiger partial charge is 0.396 e. The van der Waals surface area contributed by atoms with Crippen molar-refractivity contribution in [1.82, 2.24) is 4.98 Å². The third kappa shape index (κ3) is 4.12. The SMILES string of the molecule is C[C@@H](O)[C@@H](CO)CC(=O)C1CC(c2c(-c3ccc(F)cc3)[nH]c3c(F)cc(F)cc23)C1. The quantitative estimate of drug-likeness (QED) is 0.508. The Morgan fingerprint density at radius 3 is 2.42 bits per heavy atom. The molecule has 3 N–H and O–H groups in total.